The summed E-state index contributed by atoms with van der Waals surface area (Å²) in [5.74, 6) is 0. The van der Waals surface area contributed by atoms with Crippen LogP contribution in [0, 0.1) is 13.8 Å². The van der Waals surface area contributed by atoms with Gasteiger partial charge in [0, 0.05) is 10.6 Å². The van der Waals surface area contributed by atoms with Crippen molar-refractivity contribution >= 4 is 28.5 Å². The Hall–Kier alpha value is -1.94. The quantitative estimate of drug-likeness (QED) is 0.710. The van der Waals surface area contributed by atoms with E-state index in [-0.39, 0.29) is 0 Å². The van der Waals surface area contributed by atoms with Gasteiger partial charge < -0.3 is 10.2 Å². The molecule has 2 aromatic carbocycles. The second-order valence-electron chi connectivity index (χ2n) is 4.58. The zero-order chi connectivity index (χ0) is 13.4. The molecular weight excluding hydrogens is 256 g/mol. The van der Waals surface area contributed by atoms with Crippen LogP contribution in [0.5, 0.6) is 0 Å². The lowest BCUT2D eigenvalue weighted by atomic mass is 10.2. The van der Waals surface area contributed by atoms with Gasteiger partial charge in [-0.15, -0.1) is 0 Å². The summed E-state index contributed by atoms with van der Waals surface area (Å²) in [5, 5.41) is 0.646. The Balaban J connectivity index is 1.96. The Bertz CT molecular complexity index is 749. The number of fused-ring (bicyclic) bond motifs is 1. The maximum atomic E-state index is 5.74. The van der Waals surface area contributed by atoms with Gasteiger partial charge in [0.2, 0.25) is 0 Å². The highest BCUT2D eigenvalue weighted by Crippen LogP contribution is 2.32. The largest absolute Gasteiger partial charge is 0.431 e. The Morgan fingerprint density at radius 1 is 1.11 bits per heavy atom. The summed E-state index contributed by atoms with van der Waals surface area (Å²) in [4.78, 5) is 5.61. The molecule has 0 aliphatic carbocycles. The number of oxazole rings is 1. The fraction of sp³-hybridized carbons (Fsp3) is 0.133. The first kappa shape index (κ1) is 12.1. The Morgan fingerprint density at radius 3 is 2.74 bits per heavy atom. The highest BCUT2D eigenvalue weighted by atomic mass is 32.2. The van der Waals surface area contributed by atoms with E-state index in [0.29, 0.717) is 10.9 Å². The van der Waals surface area contributed by atoms with Gasteiger partial charge in [-0.05, 0) is 55.4 Å². The molecule has 96 valence electrons. The number of rotatable bonds is 2. The smallest absolute Gasteiger partial charge is 0.261 e. The molecule has 2 N–H and O–H groups in total. The second-order valence-corrected chi connectivity index (χ2v) is 5.57. The summed E-state index contributed by atoms with van der Waals surface area (Å²) >= 11 is 1.54. The predicted octanol–water partition coefficient (Wildman–Crippen LogP) is 4.18. The minimum Gasteiger partial charge on any atom is -0.431 e. The van der Waals surface area contributed by atoms with Crippen molar-refractivity contribution in [2.24, 2.45) is 0 Å². The normalized spacial score (nSPS) is 11.1. The maximum absolute atomic E-state index is 5.74. The van der Waals surface area contributed by atoms with Crippen molar-refractivity contribution in [3.63, 3.8) is 0 Å². The number of anilines is 1. The topological polar surface area (TPSA) is 52.0 Å². The number of nitrogens with two attached hydrogens (primary N) is 1. The van der Waals surface area contributed by atoms with Gasteiger partial charge in [0.25, 0.3) is 5.22 Å². The number of hydrogen-bond donors (Lipinski definition) is 1. The summed E-state index contributed by atoms with van der Waals surface area (Å²) in [5.41, 5.74) is 10.5. The van der Waals surface area contributed by atoms with Gasteiger partial charge in [0.1, 0.15) is 5.52 Å². The standard InChI is InChI=1S/C15H14N2OS/c1-9-3-6-14(10(2)7-9)19-15-17-12-8-11(16)4-5-13(12)18-15/h3-8H,16H2,1-2H3. The van der Waals surface area contributed by atoms with E-state index in [0.717, 1.165) is 16.0 Å². The van der Waals surface area contributed by atoms with E-state index in [9.17, 15) is 0 Å². The SMILES string of the molecule is Cc1ccc(Sc2nc3cc(N)ccc3o2)c(C)c1. The van der Waals surface area contributed by atoms with Crippen molar-refractivity contribution in [3.8, 4) is 0 Å². The van der Waals surface area contributed by atoms with Gasteiger partial charge in [-0.25, -0.2) is 4.98 Å². The van der Waals surface area contributed by atoms with E-state index in [1.165, 1.54) is 22.9 Å². The predicted molar refractivity (Wildman–Crippen MR) is 78.5 cm³/mol. The number of nitrogen functional groups attached to an aromatic ring is 1. The fourth-order valence-electron chi connectivity index (χ4n) is 1.97. The average Bonchev–Trinajstić information content (AvgIpc) is 2.74. The van der Waals surface area contributed by atoms with E-state index >= 15 is 0 Å². The highest BCUT2D eigenvalue weighted by molar-refractivity contribution is 7.99. The zero-order valence-electron chi connectivity index (χ0n) is 10.8. The molecule has 0 saturated heterocycles. The van der Waals surface area contributed by atoms with Crippen LogP contribution in [0.1, 0.15) is 11.1 Å². The van der Waals surface area contributed by atoms with Crippen LogP contribution in [-0.2, 0) is 0 Å². The van der Waals surface area contributed by atoms with Crippen LogP contribution in [0.4, 0.5) is 5.69 Å². The molecule has 0 bridgehead atoms. The lowest BCUT2D eigenvalue weighted by Gasteiger charge is -2.03. The van der Waals surface area contributed by atoms with Crippen LogP contribution in [0.2, 0.25) is 0 Å². The molecule has 3 nitrogen and oxygen atoms in total. The first-order valence-electron chi connectivity index (χ1n) is 6.03. The van der Waals surface area contributed by atoms with Crippen LogP contribution >= 0.6 is 11.8 Å². The average molecular weight is 270 g/mol. The third-order valence-corrected chi connectivity index (χ3v) is 3.95. The molecular formula is C15H14N2OS. The summed E-state index contributed by atoms with van der Waals surface area (Å²) in [6.07, 6.45) is 0. The zero-order valence-corrected chi connectivity index (χ0v) is 11.6. The van der Waals surface area contributed by atoms with Crippen molar-refractivity contribution in [3.05, 3.63) is 47.5 Å². The molecule has 1 heterocycles. The van der Waals surface area contributed by atoms with Crippen molar-refractivity contribution < 1.29 is 4.42 Å². The minimum absolute atomic E-state index is 0.646. The molecule has 4 heteroatoms. The number of aromatic nitrogens is 1. The molecule has 0 aliphatic heterocycles. The molecule has 0 saturated carbocycles. The minimum atomic E-state index is 0.646. The summed E-state index contributed by atoms with van der Waals surface area (Å²) in [6.45, 7) is 4.18. The summed E-state index contributed by atoms with van der Waals surface area (Å²) in [7, 11) is 0. The lowest BCUT2D eigenvalue weighted by molar-refractivity contribution is 0.489. The summed E-state index contributed by atoms with van der Waals surface area (Å²) < 4.78 is 5.71. The fourth-order valence-corrected chi connectivity index (χ4v) is 2.79. The van der Waals surface area contributed by atoms with Crippen molar-refractivity contribution in [1.29, 1.82) is 0 Å². The van der Waals surface area contributed by atoms with Crippen LogP contribution < -0.4 is 5.73 Å². The number of benzene rings is 2. The van der Waals surface area contributed by atoms with E-state index in [4.69, 9.17) is 10.2 Å². The number of aryl methyl sites for hydroxylation is 2. The van der Waals surface area contributed by atoms with Gasteiger partial charge in [-0.2, -0.15) is 0 Å². The third kappa shape index (κ3) is 2.44. The van der Waals surface area contributed by atoms with E-state index in [2.05, 4.69) is 37.0 Å². The molecule has 19 heavy (non-hydrogen) atoms. The molecule has 0 atom stereocenters. The van der Waals surface area contributed by atoms with E-state index in [1.54, 1.807) is 0 Å². The van der Waals surface area contributed by atoms with Crippen LogP contribution in [0.15, 0.2) is 50.9 Å². The molecule has 3 aromatic rings. The van der Waals surface area contributed by atoms with Gasteiger partial charge in [0.05, 0.1) is 0 Å². The van der Waals surface area contributed by atoms with Crippen molar-refractivity contribution in [1.82, 2.24) is 4.98 Å². The van der Waals surface area contributed by atoms with Gasteiger partial charge in [-0.1, -0.05) is 17.7 Å². The van der Waals surface area contributed by atoms with Gasteiger partial charge >= 0.3 is 0 Å². The van der Waals surface area contributed by atoms with Crippen LogP contribution in [0.25, 0.3) is 11.1 Å². The first-order valence-corrected chi connectivity index (χ1v) is 6.84. The van der Waals surface area contributed by atoms with Crippen LogP contribution in [0.3, 0.4) is 0 Å². The molecule has 3 rings (SSSR count). The Morgan fingerprint density at radius 2 is 1.95 bits per heavy atom. The van der Waals surface area contributed by atoms with E-state index in [1.807, 2.05) is 18.2 Å². The molecule has 0 radical (unpaired) electrons. The first-order chi connectivity index (χ1) is 9.11. The van der Waals surface area contributed by atoms with Crippen molar-refractivity contribution in [2.75, 3.05) is 5.73 Å². The van der Waals surface area contributed by atoms with Crippen LogP contribution in [-0.4, -0.2) is 4.98 Å². The lowest BCUT2D eigenvalue weighted by Crippen LogP contribution is -1.82. The molecule has 1 aromatic heterocycles. The maximum Gasteiger partial charge on any atom is 0.261 e. The van der Waals surface area contributed by atoms with Gasteiger partial charge in [0.15, 0.2) is 5.58 Å². The van der Waals surface area contributed by atoms with Gasteiger partial charge in [-0.3, -0.25) is 0 Å². The monoisotopic (exact) mass is 270 g/mol. The molecule has 0 fully saturated rings. The second kappa shape index (κ2) is 4.63. The third-order valence-electron chi connectivity index (χ3n) is 2.92. The Kier molecular flexibility index (Phi) is 2.95. The van der Waals surface area contributed by atoms with E-state index < -0.39 is 0 Å². The highest BCUT2D eigenvalue weighted by Gasteiger charge is 2.09. The number of nitrogens with zero attached hydrogens (tertiary/aromatic N) is 1. The molecule has 0 spiro atoms. The van der Waals surface area contributed by atoms with Crippen molar-refractivity contribution in [2.45, 2.75) is 24.0 Å². The molecule has 0 amide bonds. The summed E-state index contributed by atoms with van der Waals surface area (Å²) in [6, 6.07) is 11.8. The Labute approximate surface area is 115 Å². The number of hydrogen-bond acceptors (Lipinski definition) is 4. The molecule has 0 unspecified atom stereocenters. The molecule has 0 aliphatic rings.